The molecule has 1 rings (SSSR count). The van der Waals surface area contributed by atoms with E-state index < -0.39 is 0 Å². The van der Waals surface area contributed by atoms with Crippen LogP contribution in [-0.4, -0.2) is 11.8 Å². The van der Waals surface area contributed by atoms with E-state index in [-0.39, 0.29) is 38.2 Å². The Morgan fingerprint density at radius 2 is 2.11 bits per heavy atom. The number of hydrogen-bond donors (Lipinski definition) is 0. The molecule has 0 aromatic rings. The minimum Gasteiger partial charge on any atom is -0.596 e. The standard InChI is InChI=1S/C5H7NO2.Re/c1-3-2-4(7)6-5(3)8;/h3H,2H2,1H3,(H,6,7,8);/p-1. The summed E-state index contributed by atoms with van der Waals surface area (Å²) in [7, 11) is 0. The predicted octanol–water partition coefficient (Wildman–Crippen LogP) is 0.451. The van der Waals surface area contributed by atoms with Crippen LogP contribution >= 0.6 is 0 Å². The molecule has 1 aliphatic heterocycles. The zero-order chi connectivity index (χ0) is 6.15. The molecule has 2 amide bonds. The smallest absolute Gasteiger partial charge is 0.0597 e. The first-order valence-electron chi connectivity index (χ1n) is 2.48. The normalized spacial score (nSPS) is 25.2. The van der Waals surface area contributed by atoms with E-state index in [1.54, 1.807) is 6.92 Å². The van der Waals surface area contributed by atoms with Crippen LogP contribution in [0.1, 0.15) is 13.3 Å². The van der Waals surface area contributed by atoms with Crippen molar-refractivity contribution in [3.05, 3.63) is 5.32 Å². The topological polar surface area (TPSA) is 48.2 Å². The molecule has 1 heterocycles. The van der Waals surface area contributed by atoms with Crippen molar-refractivity contribution in [1.29, 1.82) is 0 Å². The molecular weight excluding hydrogens is 292 g/mol. The van der Waals surface area contributed by atoms with Crippen LogP contribution in [0, 0.1) is 5.92 Å². The Morgan fingerprint density at radius 1 is 1.56 bits per heavy atom. The van der Waals surface area contributed by atoms with Gasteiger partial charge in [-0.2, -0.15) is 0 Å². The molecule has 0 aliphatic carbocycles. The van der Waals surface area contributed by atoms with Crippen LogP contribution in [0.25, 0.3) is 5.32 Å². The SMILES string of the molecule is CC1CC(=O)[N-]C1=O.[Re]. The second kappa shape index (κ2) is 3.09. The number of nitrogens with zero attached hydrogens (tertiary/aromatic N) is 1. The van der Waals surface area contributed by atoms with Gasteiger partial charge in [-0.3, -0.25) is 0 Å². The van der Waals surface area contributed by atoms with E-state index in [4.69, 9.17) is 0 Å². The fourth-order valence-electron chi connectivity index (χ4n) is 0.628. The summed E-state index contributed by atoms with van der Waals surface area (Å²) in [5.41, 5.74) is 0. The Bertz CT molecular complexity index is 146. The number of carbonyl (C=O) groups excluding carboxylic acids is 2. The van der Waals surface area contributed by atoms with E-state index in [2.05, 4.69) is 5.32 Å². The van der Waals surface area contributed by atoms with Gasteiger partial charge in [0, 0.05) is 26.3 Å². The maximum atomic E-state index is 10.4. The van der Waals surface area contributed by atoms with E-state index in [0.29, 0.717) is 6.42 Å². The van der Waals surface area contributed by atoms with Gasteiger partial charge in [0.1, 0.15) is 0 Å². The summed E-state index contributed by atoms with van der Waals surface area (Å²) in [4.78, 5) is 20.7. The van der Waals surface area contributed by atoms with Gasteiger partial charge in [-0.15, -0.1) is 0 Å². The molecule has 1 atom stereocenters. The monoisotopic (exact) mass is 299 g/mol. The van der Waals surface area contributed by atoms with E-state index in [1.165, 1.54) is 0 Å². The summed E-state index contributed by atoms with van der Waals surface area (Å²) in [6.45, 7) is 1.71. The van der Waals surface area contributed by atoms with Crippen LogP contribution in [0.3, 0.4) is 0 Å². The summed E-state index contributed by atoms with van der Waals surface area (Å²) < 4.78 is 0. The first-order valence-corrected chi connectivity index (χ1v) is 2.48. The number of carbonyl (C=O) groups is 2. The molecule has 9 heavy (non-hydrogen) atoms. The summed E-state index contributed by atoms with van der Waals surface area (Å²) in [6.07, 6.45) is 0.304. The molecule has 4 heteroatoms. The Hall–Kier alpha value is -0.198. The zero-order valence-electron chi connectivity index (χ0n) is 4.93. The van der Waals surface area contributed by atoms with Gasteiger partial charge in [-0.1, -0.05) is 6.92 Å². The van der Waals surface area contributed by atoms with Gasteiger partial charge in [0.15, 0.2) is 0 Å². The molecule has 51 valence electrons. The van der Waals surface area contributed by atoms with Gasteiger partial charge >= 0.3 is 0 Å². The molecule has 1 radical (unpaired) electrons. The molecule has 1 unspecified atom stereocenters. The quantitative estimate of drug-likeness (QED) is 0.610. The Morgan fingerprint density at radius 3 is 2.22 bits per heavy atom. The first-order chi connectivity index (χ1) is 3.70. The Labute approximate surface area is 66.8 Å². The van der Waals surface area contributed by atoms with Crippen molar-refractivity contribution in [2.75, 3.05) is 0 Å². The third kappa shape index (κ3) is 1.89. The maximum Gasteiger partial charge on any atom is 0.0597 e. The van der Waals surface area contributed by atoms with E-state index in [1.807, 2.05) is 0 Å². The van der Waals surface area contributed by atoms with Crippen LogP contribution in [0.2, 0.25) is 0 Å². The number of rotatable bonds is 0. The van der Waals surface area contributed by atoms with Gasteiger partial charge < -0.3 is 14.9 Å². The maximum absolute atomic E-state index is 10.4. The van der Waals surface area contributed by atoms with E-state index in [0.717, 1.165) is 0 Å². The average molecular weight is 298 g/mol. The predicted molar refractivity (Wildman–Crippen MR) is 27.2 cm³/mol. The summed E-state index contributed by atoms with van der Waals surface area (Å²) >= 11 is 0. The van der Waals surface area contributed by atoms with Crippen molar-refractivity contribution < 1.29 is 30.0 Å². The van der Waals surface area contributed by atoms with Crippen molar-refractivity contribution in [3.8, 4) is 0 Å². The number of imide groups is 1. The van der Waals surface area contributed by atoms with Gasteiger partial charge in [-0.05, 0) is 6.42 Å². The van der Waals surface area contributed by atoms with Crippen LogP contribution < -0.4 is 0 Å². The molecule has 1 fully saturated rings. The summed E-state index contributed by atoms with van der Waals surface area (Å²) in [6, 6.07) is 0. The zero-order valence-corrected chi connectivity index (χ0v) is 7.64. The van der Waals surface area contributed by atoms with Crippen molar-refractivity contribution in [1.82, 2.24) is 0 Å². The van der Waals surface area contributed by atoms with Crippen LogP contribution in [0.4, 0.5) is 0 Å². The van der Waals surface area contributed by atoms with Crippen molar-refractivity contribution in [2.45, 2.75) is 13.3 Å². The minimum atomic E-state index is -0.275. The van der Waals surface area contributed by atoms with Crippen molar-refractivity contribution in [2.24, 2.45) is 5.92 Å². The fraction of sp³-hybridized carbons (Fsp3) is 0.600. The molecule has 0 bridgehead atoms. The second-order valence-corrected chi connectivity index (χ2v) is 1.95. The van der Waals surface area contributed by atoms with Crippen LogP contribution in [0.5, 0.6) is 0 Å². The first kappa shape index (κ1) is 8.80. The third-order valence-electron chi connectivity index (χ3n) is 1.14. The molecule has 1 aliphatic rings. The molecular formula is C5H6NO2Re-. The van der Waals surface area contributed by atoms with Gasteiger partial charge in [0.25, 0.3) is 0 Å². The number of amides is 2. The van der Waals surface area contributed by atoms with Crippen LogP contribution in [-0.2, 0) is 30.0 Å². The molecule has 0 aromatic carbocycles. The Kier molecular flexibility index (Phi) is 3.03. The summed E-state index contributed by atoms with van der Waals surface area (Å²) in [5, 5.41) is 3.19. The van der Waals surface area contributed by atoms with Crippen LogP contribution in [0.15, 0.2) is 0 Å². The third-order valence-corrected chi connectivity index (χ3v) is 1.14. The summed E-state index contributed by atoms with van der Waals surface area (Å²) in [5.74, 6) is -0.708. The van der Waals surface area contributed by atoms with E-state index >= 15 is 0 Å². The minimum absolute atomic E-state index is 0. The van der Waals surface area contributed by atoms with E-state index in [9.17, 15) is 9.59 Å². The van der Waals surface area contributed by atoms with Gasteiger partial charge in [0.2, 0.25) is 0 Å². The van der Waals surface area contributed by atoms with Crippen molar-refractivity contribution >= 4 is 11.8 Å². The second-order valence-electron chi connectivity index (χ2n) is 1.95. The fourth-order valence-corrected chi connectivity index (χ4v) is 0.628. The largest absolute Gasteiger partial charge is 0.596 e. The average Bonchev–Trinajstić information content (AvgIpc) is 1.85. The molecule has 1 saturated heterocycles. The molecule has 0 saturated carbocycles. The molecule has 3 nitrogen and oxygen atoms in total. The Balaban J connectivity index is 0.000000640. The van der Waals surface area contributed by atoms with Crippen molar-refractivity contribution in [3.63, 3.8) is 0 Å². The molecule has 0 spiro atoms. The van der Waals surface area contributed by atoms with Gasteiger partial charge in [0.05, 0.1) is 11.8 Å². The molecule has 0 N–H and O–H groups in total. The van der Waals surface area contributed by atoms with Gasteiger partial charge in [-0.25, -0.2) is 0 Å². The number of hydrogen-bond acceptors (Lipinski definition) is 2. The molecule has 0 aromatic heterocycles.